The summed E-state index contributed by atoms with van der Waals surface area (Å²) in [6.45, 7) is 3.30. The first-order chi connectivity index (χ1) is 13.8. The highest BCUT2D eigenvalue weighted by atomic mass is 16.5. The summed E-state index contributed by atoms with van der Waals surface area (Å²) in [5.41, 5.74) is 0.612. The molecule has 7 heteroatoms. The van der Waals surface area contributed by atoms with Crippen LogP contribution >= 0.6 is 0 Å². The molecule has 144 valence electrons. The van der Waals surface area contributed by atoms with Gasteiger partial charge in [-0.2, -0.15) is 0 Å². The molecule has 0 saturated carbocycles. The number of para-hydroxylation sites is 1. The number of hydrogen-bond donors (Lipinski definition) is 1. The monoisotopic (exact) mass is 379 g/mol. The fourth-order valence-electron chi connectivity index (χ4n) is 2.88. The first kappa shape index (κ1) is 18.1. The summed E-state index contributed by atoms with van der Waals surface area (Å²) >= 11 is 0. The van der Waals surface area contributed by atoms with E-state index in [0.29, 0.717) is 24.7 Å². The van der Waals surface area contributed by atoms with E-state index in [9.17, 15) is 4.79 Å². The van der Waals surface area contributed by atoms with Gasteiger partial charge in [0.05, 0.1) is 25.1 Å². The molecule has 0 atom stereocenters. The standard InChI is InChI=1S/C21H21N3O4/c25-21(19-8-7-18(28-19)15-27-17-4-2-1-3-5-17)23-16-6-9-20(22-14-16)24-10-12-26-13-11-24/h1-9,14H,10-13,15H2,(H,23,25). The largest absolute Gasteiger partial charge is 0.486 e. The Balaban J connectivity index is 1.32. The highest BCUT2D eigenvalue weighted by Gasteiger charge is 2.14. The molecule has 28 heavy (non-hydrogen) atoms. The second-order valence-corrected chi connectivity index (χ2v) is 6.33. The van der Waals surface area contributed by atoms with Crippen LogP contribution < -0.4 is 15.0 Å². The lowest BCUT2D eigenvalue weighted by Crippen LogP contribution is -2.36. The van der Waals surface area contributed by atoms with Gasteiger partial charge in [-0.05, 0) is 36.4 Å². The van der Waals surface area contributed by atoms with Crippen LogP contribution in [0.2, 0.25) is 0 Å². The number of anilines is 2. The summed E-state index contributed by atoms with van der Waals surface area (Å²) in [4.78, 5) is 19.0. The van der Waals surface area contributed by atoms with Gasteiger partial charge in [0.15, 0.2) is 5.76 Å². The molecule has 1 amide bonds. The number of benzene rings is 1. The Morgan fingerprint density at radius 1 is 1.07 bits per heavy atom. The topological polar surface area (TPSA) is 76.8 Å². The first-order valence-corrected chi connectivity index (χ1v) is 9.14. The van der Waals surface area contributed by atoms with Crippen molar-refractivity contribution in [3.05, 3.63) is 72.3 Å². The summed E-state index contributed by atoms with van der Waals surface area (Å²) in [6, 6.07) is 16.5. The number of carbonyl (C=O) groups is 1. The zero-order valence-electron chi connectivity index (χ0n) is 15.3. The van der Waals surface area contributed by atoms with Crippen LogP contribution in [0.25, 0.3) is 0 Å². The van der Waals surface area contributed by atoms with Crippen molar-refractivity contribution in [1.29, 1.82) is 0 Å². The second kappa shape index (κ2) is 8.58. The summed E-state index contributed by atoms with van der Waals surface area (Å²) in [6.07, 6.45) is 1.64. The van der Waals surface area contributed by atoms with Crippen LogP contribution in [0.4, 0.5) is 11.5 Å². The van der Waals surface area contributed by atoms with Crippen molar-refractivity contribution in [3.8, 4) is 5.75 Å². The molecule has 1 N–H and O–H groups in total. The number of nitrogens with zero attached hydrogens (tertiary/aromatic N) is 2. The molecule has 7 nitrogen and oxygen atoms in total. The Kier molecular flexibility index (Phi) is 5.53. The summed E-state index contributed by atoms with van der Waals surface area (Å²) in [5, 5.41) is 2.80. The van der Waals surface area contributed by atoms with E-state index in [1.807, 2.05) is 42.5 Å². The van der Waals surface area contributed by atoms with Crippen molar-refractivity contribution in [1.82, 2.24) is 4.98 Å². The van der Waals surface area contributed by atoms with Crippen molar-refractivity contribution in [2.24, 2.45) is 0 Å². The lowest BCUT2D eigenvalue weighted by molar-refractivity contribution is 0.0992. The van der Waals surface area contributed by atoms with E-state index in [2.05, 4.69) is 15.2 Å². The fourth-order valence-corrected chi connectivity index (χ4v) is 2.88. The van der Waals surface area contributed by atoms with Gasteiger partial charge in [0.1, 0.15) is 23.9 Å². The fraction of sp³-hybridized carbons (Fsp3) is 0.238. The number of aromatic nitrogens is 1. The quantitative estimate of drug-likeness (QED) is 0.708. The van der Waals surface area contributed by atoms with Crippen LogP contribution in [0, 0.1) is 0 Å². The Morgan fingerprint density at radius 3 is 2.64 bits per heavy atom. The van der Waals surface area contributed by atoms with Gasteiger partial charge in [-0.15, -0.1) is 0 Å². The Morgan fingerprint density at radius 2 is 1.89 bits per heavy atom. The highest BCUT2D eigenvalue weighted by Crippen LogP contribution is 2.18. The predicted octanol–water partition coefficient (Wildman–Crippen LogP) is 3.34. The van der Waals surface area contributed by atoms with E-state index in [-0.39, 0.29) is 18.3 Å². The zero-order chi connectivity index (χ0) is 19.2. The molecule has 1 aromatic carbocycles. The van der Waals surface area contributed by atoms with Crippen LogP contribution in [0.5, 0.6) is 5.75 Å². The minimum atomic E-state index is -0.327. The van der Waals surface area contributed by atoms with Crippen molar-refractivity contribution in [2.45, 2.75) is 6.61 Å². The number of ether oxygens (including phenoxy) is 2. The van der Waals surface area contributed by atoms with Crippen LogP contribution in [-0.4, -0.2) is 37.2 Å². The highest BCUT2D eigenvalue weighted by molar-refractivity contribution is 6.02. The molecule has 1 aliphatic heterocycles. The van der Waals surface area contributed by atoms with Gasteiger partial charge in [0.2, 0.25) is 0 Å². The molecule has 0 aliphatic carbocycles. The molecule has 1 saturated heterocycles. The maximum absolute atomic E-state index is 12.4. The first-order valence-electron chi connectivity index (χ1n) is 9.14. The van der Waals surface area contributed by atoms with Crippen LogP contribution in [-0.2, 0) is 11.3 Å². The van der Waals surface area contributed by atoms with Gasteiger partial charge >= 0.3 is 0 Å². The maximum Gasteiger partial charge on any atom is 0.291 e. The average Bonchev–Trinajstić information content (AvgIpc) is 3.24. The van der Waals surface area contributed by atoms with Gasteiger partial charge in [0.25, 0.3) is 5.91 Å². The van der Waals surface area contributed by atoms with Crippen LogP contribution in [0.15, 0.2) is 65.2 Å². The Bertz CT molecular complexity index is 903. The summed E-state index contributed by atoms with van der Waals surface area (Å²) in [7, 11) is 0. The third-order valence-electron chi connectivity index (χ3n) is 4.35. The molecule has 1 fully saturated rings. The van der Waals surface area contributed by atoms with Gasteiger partial charge in [-0.3, -0.25) is 4.79 Å². The molecule has 3 aromatic rings. The number of rotatable bonds is 6. The van der Waals surface area contributed by atoms with Gasteiger partial charge < -0.3 is 24.1 Å². The number of pyridine rings is 1. The summed E-state index contributed by atoms with van der Waals surface area (Å²) in [5.74, 6) is 2.10. The van der Waals surface area contributed by atoms with Crippen molar-refractivity contribution < 1.29 is 18.7 Å². The smallest absolute Gasteiger partial charge is 0.291 e. The molecular formula is C21H21N3O4. The maximum atomic E-state index is 12.4. The number of nitrogens with one attached hydrogen (secondary N) is 1. The zero-order valence-corrected chi connectivity index (χ0v) is 15.3. The molecule has 2 aromatic heterocycles. The number of hydrogen-bond acceptors (Lipinski definition) is 6. The molecule has 0 radical (unpaired) electrons. The van der Waals surface area contributed by atoms with E-state index >= 15 is 0 Å². The number of morpholine rings is 1. The van der Waals surface area contributed by atoms with Crippen LogP contribution in [0.1, 0.15) is 16.3 Å². The minimum Gasteiger partial charge on any atom is -0.486 e. The molecule has 0 unspecified atom stereocenters. The van der Waals surface area contributed by atoms with Crippen molar-refractivity contribution >= 4 is 17.4 Å². The second-order valence-electron chi connectivity index (χ2n) is 6.33. The third kappa shape index (κ3) is 4.50. The van der Waals surface area contributed by atoms with E-state index in [1.54, 1.807) is 18.3 Å². The van der Waals surface area contributed by atoms with E-state index in [1.165, 1.54) is 0 Å². The lowest BCUT2D eigenvalue weighted by atomic mass is 10.3. The van der Waals surface area contributed by atoms with Crippen molar-refractivity contribution in [2.75, 3.05) is 36.5 Å². The predicted molar refractivity (Wildman–Crippen MR) is 105 cm³/mol. The minimum absolute atomic E-state index is 0.226. The molecule has 1 aliphatic rings. The van der Waals surface area contributed by atoms with Gasteiger partial charge in [0, 0.05) is 13.1 Å². The number of carbonyl (C=O) groups excluding carboxylic acids is 1. The normalized spacial score (nSPS) is 13.9. The molecule has 4 rings (SSSR count). The number of amides is 1. The van der Waals surface area contributed by atoms with Gasteiger partial charge in [-0.1, -0.05) is 18.2 Å². The number of furan rings is 1. The Hall–Kier alpha value is -3.32. The van der Waals surface area contributed by atoms with E-state index in [0.717, 1.165) is 24.7 Å². The van der Waals surface area contributed by atoms with Gasteiger partial charge in [-0.25, -0.2) is 4.98 Å². The third-order valence-corrected chi connectivity index (χ3v) is 4.35. The summed E-state index contributed by atoms with van der Waals surface area (Å²) < 4.78 is 16.5. The van der Waals surface area contributed by atoms with E-state index in [4.69, 9.17) is 13.9 Å². The van der Waals surface area contributed by atoms with Crippen molar-refractivity contribution in [3.63, 3.8) is 0 Å². The van der Waals surface area contributed by atoms with E-state index < -0.39 is 0 Å². The Labute approximate surface area is 162 Å². The molecule has 0 spiro atoms. The SMILES string of the molecule is O=C(Nc1ccc(N2CCOCC2)nc1)c1ccc(COc2ccccc2)o1. The average molecular weight is 379 g/mol. The molecule has 0 bridgehead atoms. The molecule has 3 heterocycles. The molecular weight excluding hydrogens is 358 g/mol. The van der Waals surface area contributed by atoms with Crippen LogP contribution in [0.3, 0.4) is 0 Å². The lowest BCUT2D eigenvalue weighted by Gasteiger charge is -2.27.